The molecule has 2 atom stereocenters. The van der Waals surface area contributed by atoms with Gasteiger partial charge >= 0.3 is 0 Å². The van der Waals surface area contributed by atoms with E-state index in [4.69, 9.17) is 5.73 Å². The number of likely N-dealkylation sites (tertiary alicyclic amines) is 1. The molecule has 1 fully saturated rings. The van der Waals surface area contributed by atoms with Gasteiger partial charge < -0.3 is 5.73 Å². The van der Waals surface area contributed by atoms with Crippen molar-refractivity contribution in [1.29, 1.82) is 0 Å². The molecule has 1 heterocycles. The molecule has 1 aliphatic heterocycles. The molecule has 0 spiro atoms. The lowest BCUT2D eigenvalue weighted by molar-refractivity contribution is 0.0623. The zero-order valence-corrected chi connectivity index (χ0v) is 9.34. The second kappa shape index (κ2) is 7.12. The highest BCUT2D eigenvalue weighted by Crippen LogP contribution is 2.15. The van der Waals surface area contributed by atoms with Crippen molar-refractivity contribution in [3.63, 3.8) is 0 Å². The summed E-state index contributed by atoms with van der Waals surface area (Å²) in [7, 11) is 0. The number of hydrogen-bond acceptors (Lipinski definition) is 2. The number of nitrogens with two attached hydrogens (primary N) is 1. The molecule has 2 unspecified atom stereocenters. The lowest BCUT2D eigenvalue weighted by Gasteiger charge is -2.34. The van der Waals surface area contributed by atoms with E-state index in [9.17, 15) is 8.78 Å². The third-order valence-electron chi connectivity index (χ3n) is 2.45. The van der Waals surface area contributed by atoms with Gasteiger partial charge in [0.2, 0.25) is 0 Å². The van der Waals surface area contributed by atoms with Gasteiger partial charge in [0.15, 0.2) is 0 Å². The summed E-state index contributed by atoms with van der Waals surface area (Å²) in [6, 6.07) is 0.193. The van der Waals surface area contributed by atoms with Gasteiger partial charge in [-0.15, -0.1) is 0 Å². The molecule has 0 aromatic heterocycles. The summed E-state index contributed by atoms with van der Waals surface area (Å²) in [5.41, 5.74) is 5.76. The molecule has 0 amide bonds. The maximum absolute atomic E-state index is 12.0. The van der Waals surface area contributed by atoms with Crippen LogP contribution in [0.25, 0.3) is 0 Å². The van der Waals surface area contributed by atoms with Crippen LogP contribution in [-0.4, -0.2) is 37.0 Å². The molecule has 86 valence electrons. The molecule has 0 radical (unpaired) electrons. The fourth-order valence-electron chi connectivity index (χ4n) is 1.61. The fraction of sp³-hybridized carbons (Fsp3) is 1.00. The number of halogens is 2. The van der Waals surface area contributed by atoms with Gasteiger partial charge in [-0.2, -0.15) is 0 Å². The average Bonchev–Trinajstić information content (AvgIpc) is 2.14. The lowest BCUT2D eigenvalue weighted by atomic mass is 9.95. The third kappa shape index (κ3) is 4.86. The van der Waals surface area contributed by atoms with Crippen molar-refractivity contribution < 1.29 is 8.78 Å². The highest BCUT2D eigenvalue weighted by atomic mass is 19.3. The maximum atomic E-state index is 12.0. The van der Waals surface area contributed by atoms with Gasteiger partial charge in [0.1, 0.15) is 0 Å². The monoisotopic (exact) mass is 208 g/mol. The lowest BCUT2D eigenvalue weighted by Crippen LogP contribution is -2.47. The smallest absolute Gasteiger partial charge is 0.251 e. The molecule has 1 rings (SSSR count). The van der Waals surface area contributed by atoms with Crippen LogP contribution in [0.5, 0.6) is 0 Å². The zero-order valence-electron chi connectivity index (χ0n) is 9.34. The summed E-state index contributed by atoms with van der Waals surface area (Å²) in [6.07, 6.45) is -1.38. The quantitative estimate of drug-likeness (QED) is 0.751. The summed E-state index contributed by atoms with van der Waals surface area (Å²) < 4.78 is 23.9. The van der Waals surface area contributed by atoms with Crippen LogP contribution in [0.2, 0.25) is 0 Å². The van der Waals surface area contributed by atoms with Gasteiger partial charge in [-0.3, -0.25) is 4.90 Å². The van der Waals surface area contributed by atoms with E-state index in [-0.39, 0.29) is 12.6 Å². The van der Waals surface area contributed by atoms with E-state index in [1.807, 2.05) is 20.8 Å². The topological polar surface area (TPSA) is 29.3 Å². The summed E-state index contributed by atoms with van der Waals surface area (Å²) in [6.45, 7) is 7.35. The van der Waals surface area contributed by atoms with Gasteiger partial charge in [0, 0.05) is 12.6 Å². The predicted octanol–water partition coefficient (Wildman–Crippen LogP) is 1.95. The van der Waals surface area contributed by atoms with E-state index in [1.165, 1.54) is 0 Å². The molecule has 1 saturated heterocycles. The van der Waals surface area contributed by atoms with Crippen LogP contribution in [-0.2, 0) is 0 Å². The molecule has 4 heteroatoms. The van der Waals surface area contributed by atoms with E-state index in [1.54, 1.807) is 4.90 Å². The number of alkyl halides is 2. The van der Waals surface area contributed by atoms with Gasteiger partial charge in [-0.1, -0.05) is 20.8 Å². The first-order chi connectivity index (χ1) is 6.59. The first-order valence-electron chi connectivity index (χ1n) is 5.35. The fourth-order valence-corrected chi connectivity index (χ4v) is 1.61. The molecule has 1 aliphatic rings. The Kier molecular flexibility index (Phi) is 7.01. The molecule has 0 saturated carbocycles. The molecule has 14 heavy (non-hydrogen) atoms. The van der Waals surface area contributed by atoms with Crippen LogP contribution in [0.1, 0.15) is 27.2 Å². The van der Waals surface area contributed by atoms with Crippen LogP contribution in [0.3, 0.4) is 0 Å². The third-order valence-corrected chi connectivity index (χ3v) is 2.45. The van der Waals surface area contributed by atoms with E-state index >= 15 is 0 Å². The minimum absolute atomic E-state index is 0.100. The molecule has 2 N–H and O–H groups in total. The van der Waals surface area contributed by atoms with Crippen LogP contribution >= 0.6 is 0 Å². The Morgan fingerprint density at radius 2 is 2.00 bits per heavy atom. The zero-order chi connectivity index (χ0) is 11.1. The highest BCUT2D eigenvalue weighted by Gasteiger charge is 2.24. The van der Waals surface area contributed by atoms with Crippen LogP contribution in [0.15, 0.2) is 0 Å². The van der Waals surface area contributed by atoms with Gasteiger partial charge in [-0.25, -0.2) is 8.78 Å². The van der Waals surface area contributed by atoms with Crippen molar-refractivity contribution in [1.82, 2.24) is 4.90 Å². The second-order valence-electron chi connectivity index (χ2n) is 3.58. The highest BCUT2D eigenvalue weighted by molar-refractivity contribution is 4.80. The Balaban J connectivity index is 0.000000791. The summed E-state index contributed by atoms with van der Waals surface area (Å²) >= 11 is 0. The first kappa shape index (κ1) is 13.8. The van der Waals surface area contributed by atoms with Crippen LogP contribution in [0.4, 0.5) is 8.78 Å². The van der Waals surface area contributed by atoms with Crippen molar-refractivity contribution in [3.05, 3.63) is 0 Å². The Labute approximate surface area is 85.5 Å². The van der Waals surface area contributed by atoms with Crippen LogP contribution in [0, 0.1) is 5.92 Å². The van der Waals surface area contributed by atoms with E-state index < -0.39 is 6.43 Å². The molecular weight excluding hydrogens is 186 g/mol. The Morgan fingerprint density at radius 3 is 2.43 bits per heavy atom. The molecule has 0 aliphatic carbocycles. The Morgan fingerprint density at radius 1 is 1.43 bits per heavy atom. The van der Waals surface area contributed by atoms with Crippen molar-refractivity contribution in [3.8, 4) is 0 Å². The minimum Gasteiger partial charge on any atom is -0.327 e. The van der Waals surface area contributed by atoms with Crippen molar-refractivity contribution >= 4 is 0 Å². The number of hydrogen-bond donors (Lipinski definition) is 1. The van der Waals surface area contributed by atoms with Crippen molar-refractivity contribution in [2.24, 2.45) is 11.7 Å². The van der Waals surface area contributed by atoms with Crippen LogP contribution < -0.4 is 5.73 Å². The molecule has 2 nitrogen and oxygen atoms in total. The standard InChI is InChI=1S/C8H16F2N2.C2H6/c1-6-4-12(5-8(9)10)3-2-7(6)11;1-2/h6-8H,2-5,11H2,1H3;1-2H3. The van der Waals surface area contributed by atoms with Crippen molar-refractivity contribution in [2.45, 2.75) is 39.7 Å². The van der Waals surface area contributed by atoms with E-state index in [2.05, 4.69) is 0 Å². The Bertz CT molecular complexity index is 142. The normalized spacial score (nSPS) is 28.5. The first-order valence-corrected chi connectivity index (χ1v) is 5.35. The number of piperidine rings is 1. The van der Waals surface area contributed by atoms with E-state index in [0.717, 1.165) is 13.0 Å². The van der Waals surface area contributed by atoms with Gasteiger partial charge in [-0.05, 0) is 18.9 Å². The van der Waals surface area contributed by atoms with Gasteiger partial charge in [0.05, 0.1) is 6.54 Å². The summed E-state index contributed by atoms with van der Waals surface area (Å²) in [5, 5.41) is 0. The van der Waals surface area contributed by atoms with E-state index in [0.29, 0.717) is 12.5 Å². The van der Waals surface area contributed by atoms with Crippen molar-refractivity contribution in [2.75, 3.05) is 19.6 Å². The Hall–Kier alpha value is -0.220. The maximum Gasteiger partial charge on any atom is 0.251 e. The average molecular weight is 208 g/mol. The molecule has 0 bridgehead atoms. The van der Waals surface area contributed by atoms with Gasteiger partial charge in [0.25, 0.3) is 6.43 Å². The molecule has 0 aromatic rings. The summed E-state index contributed by atoms with van der Waals surface area (Å²) in [5.74, 6) is 0.345. The largest absolute Gasteiger partial charge is 0.327 e. The predicted molar refractivity (Wildman–Crippen MR) is 55.5 cm³/mol. The number of nitrogens with zero attached hydrogens (tertiary/aromatic N) is 1. The summed E-state index contributed by atoms with van der Waals surface area (Å²) in [4.78, 5) is 1.79. The minimum atomic E-state index is -2.22. The second-order valence-corrected chi connectivity index (χ2v) is 3.58. The number of rotatable bonds is 2. The molecule has 0 aromatic carbocycles. The molecular formula is C10H22F2N2. The SMILES string of the molecule is CC.CC1CN(CC(F)F)CCC1N.